The Hall–Kier alpha value is 0.430. The highest BCUT2D eigenvalue weighted by atomic mass is 127. The van der Waals surface area contributed by atoms with E-state index in [1.807, 2.05) is 0 Å². The van der Waals surface area contributed by atoms with Crippen LogP contribution in [-0.2, 0) is 4.74 Å². The fraction of sp³-hybridized carbons (Fsp3) is 0.857. The Balaban J connectivity index is 3.04. The summed E-state index contributed by atoms with van der Waals surface area (Å²) >= 11 is 2.28. The molecule has 0 heterocycles. The molecule has 0 aliphatic rings. The molecule has 0 saturated carbocycles. The van der Waals surface area contributed by atoms with Crippen LogP contribution in [0, 0.1) is 0 Å². The van der Waals surface area contributed by atoms with Crippen LogP contribution in [0.5, 0.6) is 0 Å². The maximum absolute atomic E-state index is 5.68. The molecule has 1 nitrogen and oxygen atoms in total. The molecule has 0 aromatic rings. The largest absolute Gasteiger partial charge is 0.376 e. The first-order valence-electron chi connectivity index (χ1n) is 6.45. The fourth-order valence-corrected chi connectivity index (χ4v) is 1.87. The topological polar surface area (TPSA) is 9.23 Å². The van der Waals surface area contributed by atoms with Crippen molar-refractivity contribution in [2.75, 3.05) is 6.61 Å². The summed E-state index contributed by atoms with van der Waals surface area (Å²) < 4.78 is 7.79. The van der Waals surface area contributed by atoms with Gasteiger partial charge in [-0.2, -0.15) is 0 Å². The van der Waals surface area contributed by atoms with Gasteiger partial charge in [-0.3, -0.25) is 0 Å². The first kappa shape index (κ1) is 16.4. The van der Waals surface area contributed by atoms with Gasteiger partial charge < -0.3 is 4.74 Å². The molecule has 2 heteroatoms. The number of hydrogen-bond donors (Lipinski definition) is 0. The van der Waals surface area contributed by atoms with Gasteiger partial charge in [0.15, 0.2) is 0 Å². The smallest absolute Gasteiger partial charge is 0.0598 e. The average Bonchev–Trinajstić information content (AvgIpc) is 2.19. The van der Waals surface area contributed by atoms with Crippen molar-refractivity contribution in [2.24, 2.45) is 0 Å². The van der Waals surface area contributed by atoms with Crippen LogP contribution in [0.2, 0.25) is 0 Å². The predicted octanol–water partition coefficient (Wildman–Crippen LogP) is 5.48. The van der Waals surface area contributed by atoms with E-state index in [-0.39, 0.29) is 5.60 Å². The standard InChI is InChI=1S/C14H27IO/c1-14(2,3)16-13-11-9-7-5-4-6-8-10-12-15/h10,12H,4-9,11,13H2,1-3H3/b12-10+. The van der Waals surface area contributed by atoms with E-state index in [1.165, 1.54) is 44.9 Å². The van der Waals surface area contributed by atoms with E-state index < -0.39 is 0 Å². The van der Waals surface area contributed by atoms with Gasteiger partial charge in [0.1, 0.15) is 0 Å². The van der Waals surface area contributed by atoms with E-state index in [0.29, 0.717) is 0 Å². The van der Waals surface area contributed by atoms with Gasteiger partial charge in [-0.25, -0.2) is 0 Å². The third-order valence-corrected chi connectivity index (χ3v) is 2.90. The number of halogens is 1. The van der Waals surface area contributed by atoms with E-state index in [0.717, 1.165) is 6.61 Å². The third-order valence-electron chi connectivity index (χ3n) is 2.39. The second-order valence-corrected chi connectivity index (χ2v) is 5.95. The minimum atomic E-state index is 0.0335. The average molecular weight is 338 g/mol. The molecule has 0 unspecified atom stereocenters. The first-order valence-corrected chi connectivity index (χ1v) is 7.70. The molecule has 16 heavy (non-hydrogen) atoms. The highest BCUT2D eigenvalue weighted by Crippen LogP contribution is 2.11. The molecule has 0 amide bonds. The summed E-state index contributed by atoms with van der Waals surface area (Å²) in [6.45, 7) is 7.27. The first-order chi connectivity index (χ1) is 7.56. The van der Waals surface area contributed by atoms with Gasteiger partial charge in [-0.1, -0.05) is 54.4 Å². The molecule has 0 aliphatic heterocycles. The van der Waals surface area contributed by atoms with Crippen LogP contribution in [0.1, 0.15) is 65.7 Å². The molecule has 0 rings (SSSR count). The number of hydrogen-bond acceptors (Lipinski definition) is 1. The van der Waals surface area contributed by atoms with Crippen LogP contribution >= 0.6 is 22.6 Å². The monoisotopic (exact) mass is 338 g/mol. The lowest BCUT2D eigenvalue weighted by molar-refractivity contribution is -0.00474. The number of rotatable bonds is 9. The third kappa shape index (κ3) is 14.4. The van der Waals surface area contributed by atoms with Crippen LogP contribution in [0.3, 0.4) is 0 Å². The Labute approximate surface area is 115 Å². The van der Waals surface area contributed by atoms with Gasteiger partial charge in [-0.15, -0.1) is 0 Å². The molecule has 0 saturated heterocycles. The fourth-order valence-electron chi connectivity index (χ4n) is 1.51. The minimum Gasteiger partial charge on any atom is -0.376 e. The van der Waals surface area contributed by atoms with Crippen LogP contribution in [0.15, 0.2) is 10.2 Å². The van der Waals surface area contributed by atoms with Crippen LogP contribution < -0.4 is 0 Å². The second kappa shape index (κ2) is 10.6. The molecule has 0 atom stereocenters. The van der Waals surface area contributed by atoms with Gasteiger partial charge >= 0.3 is 0 Å². The molecule has 0 radical (unpaired) electrons. The minimum absolute atomic E-state index is 0.0335. The lowest BCUT2D eigenvalue weighted by Gasteiger charge is -2.19. The normalized spacial score (nSPS) is 12.5. The number of unbranched alkanes of at least 4 members (excludes halogenated alkanes) is 6. The van der Waals surface area contributed by atoms with Crippen LogP contribution in [-0.4, -0.2) is 12.2 Å². The van der Waals surface area contributed by atoms with E-state index in [4.69, 9.17) is 4.74 Å². The molecule has 0 fully saturated rings. The zero-order chi connectivity index (χ0) is 12.3. The van der Waals surface area contributed by atoms with Crippen molar-refractivity contribution in [2.45, 2.75) is 71.3 Å². The molecule has 0 aliphatic carbocycles. The number of ether oxygens (including phenoxy) is 1. The molecule has 0 spiro atoms. The Kier molecular flexibility index (Phi) is 10.9. The Bertz CT molecular complexity index is 170. The van der Waals surface area contributed by atoms with Gasteiger partial charge in [-0.05, 0) is 44.1 Å². The van der Waals surface area contributed by atoms with Gasteiger partial charge in [0.2, 0.25) is 0 Å². The quantitative estimate of drug-likeness (QED) is 0.399. The highest BCUT2D eigenvalue weighted by molar-refractivity contribution is 14.1. The molecule has 0 bridgehead atoms. The summed E-state index contributed by atoms with van der Waals surface area (Å²) in [7, 11) is 0. The summed E-state index contributed by atoms with van der Waals surface area (Å²) in [6, 6.07) is 0. The van der Waals surface area contributed by atoms with Crippen molar-refractivity contribution in [3.05, 3.63) is 10.2 Å². The Morgan fingerprint density at radius 3 is 2.06 bits per heavy atom. The summed E-state index contributed by atoms with van der Waals surface area (Å²) in [4.78, 5) is 0. The van der Waals surface area contributed by atoms with Crippen molar-refractivity contribution in [3.8, 4) is 0 Å². The molecule has 0 aromatic carbocycles. The molecule has 96 valence electrons. The van der Waals surface area contributed by atoms with Crippen LogP contribution in [0.25, 0.3) is 0 Å². The highest BCUT2D eigenvalue weighted by Gasteiger charge is 2.08. The summed E-state index contributed by atoms with van der Waals surface area (Å²) in [5.41, 5.74) is 0.0335. The molecular weight excluding hydrogens is 311 g/mol. The van der Waals surface area contributed by atoms with Gasteiger partial charge in [0.05, 0.1) is 5.60 Å². The lowest BCUT2D eigenvalue weighted by Crippen LogP contribution is -2.19. The summed E-state index contributed by atoms with van der Waals surface area (Å²) in [5, 5.41) is 0. The van der Waals surface area contributed by atoms with Gasteiger partial charge in [0, 0.05) is 6.61 Å². The summed E-state index contributed by atoms with van der Waals surface area (Å²) in [5.74, 6) is 0. The van der Waals surface area contributed by atoms with Crippen molar-refractivity contribution in [1.29, 1.82) is 0 Å². The Morgan fingerprint density at radius 2 is 1.50 bits per heavy atom. The lowest BCUT2D eigenvalue weighted by atomic mass is 10.1. The van der Waals surface area contributed by atoms with Crippen LogP contribution in [0.4, 0.5) is 0 Å². The molecule has 0 aromatic heterocycles. The van der Waals surface area contributed by atoms with Crippen molar-refractivity contribution >= 4 is 22.6 Å². The zero-order valence-corrected chi connectivity index (χ0v) is 13.3. The Morgan fingerprint density at radius 1 is 0.938 bits per heavy atom. The summed E-state index contributed by atoms with van der Waals surface area (Å²) in [6.07, 6.45) is 11.5. The predicted molar refractivity (Wildman–Crippen MR) is 81.2 cm³/mol. The van der Waals surface area contributed by atoms with Crippen molar-refractivity contribution in [1.82, 2.24) is 0 Å². The SMILES string of the molecule is CC(C)(C)OCCCCCCCC/C=C/I. The zero-order valence-electron chi connectivity index (χ0n) is 11.1. The van der Waals surface area contributed by atoms with E-state index in [2.05, 4.69) is 53.5 Å². The van der Waals surface area contributed by atoms with E-state index >= 15 is 0 Å². The maximum Gasteiger partial charge on any atom is 0.0598 e. The van der Waals surface area contributed by atoms with E-state index in [9.17, 15) is 0 Å². The maximum atomic E-state index is 5.68. The van der Waals surface area contributed by atoms with E-state index in [1.54, 1.807) is 0 Å². The number of allylic oxidation sites excluding steroid dienone is 1. The van der Waals surface area contributed by atoms with Gasteiger partial charge in [0.25, 0.3) is 0 Å². The van der Waals surface area contributed by atoms with Crippen molar-refractivity contribution < 1.29 is 4.74 Å². The second-order valence-electron chi connectivity index (χ2n) is 5.23. The molecular formula is C14H27IO. The van der Waals surface area contributed by atoms with Crippen molar-refractivity contribution in [3.63, 3.8) is 0 Å². The molecule has 0 N–H and O–H groups in total.